The van der Waals surface area contributed by atoms with Crippen LogP contribution in [0.1, 0.15) is 13.3 Å². The van der Waals surface area contributed by atoms with Crippen molar-refractivity contribution in [2.45, 2.75) is 19.4 Å². The topological polar surface area (TPSA) is 79.9 Å². The van der Waals surface area contributed by atoms with Crippen molar-refractivity contribution in [1.82, 2.24) is 5.32 Å². The van der Waals surface area contributed by atoms with Crippen molar-refractivity contribution in [2.75, 3.05) is 30.5 Å². The Morgan fingerprint density at radius 1 is 1.11 bits per heavy atom. The lowest BCUT2D eigenvalue weighted by molar-refractivity contribution is -0.117. The Morgan fingerprint density at radius 2 is 1.78 bits per heavy atom. The van der Waals surface area contributed by atoms with Gasteiger partial charge in [0.25, 0.3) is 0 Å². The van der Waals surface area contributed by atoms with E-state index in [-0.39, 0.29) is 24.4 Å². The van der Waals surface area contributed by atoms with Gasteiger partial charge in [0.2, 0.25) is 5.91 Å². The third-order valence-electron chi connectivity index (χ3n) is 4.27. The third kappa shape index (κ3) is 4.69. The predicted octanol–water partition coefficient (Wildman–Crippen LogP) is 3.02. The molecular formula is C20H23N3O4. The minimum Gasteiger partial charge on any atom is -0.497 e. The summed E-state index contributed by atoms with van der Waals surface area (Å²) < 4.78 is 10.5. The molecule has 0 aliphatic carbocycles. The van der Waals surface area contributed by atoms with Crippen molar-refractivity contribution in [3.05, 3.63) is 48.5 Å². The van der Waals surface area contributed by atoms with Gasteiger partial charge >= 0.3 is 6.03 Å². The predicted molar refractivity (Wildman–Crippen MR) is 104 cm³/mol. The number of nitrogens with zero attached hydrogens (tertiary/aromatic N) is 1. The Balaban J connectivity index is 1.55. The fourth-order valence-electron chi connectivity index (χ4n) is 2.97. The Bertz CT molecular complexity index is 790. The Labute approximate surface area is 158 Å². The van der Waals surface area contributed by atoms with E-state index in [1.807, 2.05) is 31.2 Å². The molecule has 1 aliphatic rings. The Kier molecular flexibility index (Phi) is 5.80. The molecule has 2 aromatic carbocycles. The molecule has 7 heteroatoms. The highest BCUT2D eigenvalue weighted by Gasteiger charge is 2.31. The highest BCUT2D eigenvalue weighted by Crippen LogP contribution is 2.24. The molecule has 27 heavy (non-hydrogen) atoms. The molecule has 0 bridgehead atoms. The maximum atomic E-state index is 12.3. The third-order valence-corrected chi connectivity index (χ3v) is 4.27. The van der Waals surface area contributed by atoms with Crippen LogP contribution < -0.4 is 25.0 Å². The van der Waals surface area contributed by atoms with Crippen LogP contribution in [0.15, 0.2) is 48.5 Å². The summed E-state index contributed by atoms with van der Waals surface area (Å²) in [5, 5.41) is 5.61. The number of anilines is 2. The second kappa shape index (κ2) is 8.44. The molecule has 0 aromatic heterocycles. The zero-order chi connectivity index (χ0) is 19.2. The van der Waals surface area contributed by atoms with Crippen LogP contribution in [0.2, 0.25) is 0 Å². The van der Waals surface area contributed by atoms with Crippen molar-refractivity contribution in [3.63, 3.8) is 0 Å². The van der Waals surface area contributed by atoms with E-state index in [2.05, 4.69) is 10.6 Å². The number of nitrogens with one attached hydrogen (secondary N) is 2. The van der Waals surface area contributed by atoms with Gasteiger partial charge in [0.05, 0.1) is 19.8 Å². The van der Waals surface area contributed by atoms with Gasteiger partial charge in [-0.05, 0) is 55.5 Å². The molecule has 142 valence electrons. The molecule has 1 saturated heterocycles. The molecule has 1 fully saturated rings. The number of methoxy groups -OCH3 is 1. The number of rotatable bonds is 6. The van der Waals surface area contributed by atoms with Crippen molar-refractivity contribution in [3.8, 4) is 11.5 Å². The zero-order valence-electron chi connectivity index (χ0n) is 15.4. The van der Waals surface area contributed by atoms with Crippen LogP contribution in [0, 0.1) is 0 Å². The lowest BCUT2D eigenvalue weighted by Crippen LogP contribution is -2.39. The quantitative estimate of drug-likeness (QED) is 0.820. The molecular weight excluding hydrogens is 346 g/mol. The number of ether oxygens (including phenoxy) is 2. The molecule has 0 saturated carbocycles. The number of carbonyl (C=O) groups is 2. The zero-order valence-corrected chi connectivity index (χ0v) is 15.4. The summed E-state index contributed by atoms with van der Waals surface area (Å²) >= 11 is 0. The smallest absolute Gasteiger partial charge is 0.319 e. The highest BCUT2D eigenvalue weighted by molar-refractivity contribution is 5.97. The van der Waals surface area contributed by atoms with Crippen molar-refractivity contribution in [1.29, 1.82) is 0 Å². The molecule has 0 radical (unpaired) electrons. The monoisotopic (exact) mass is 369 g/mol. The van der Waals surface area contributed by atoms with Crippen LogP contribution in [-0.2, 0) is 4.79 Å². The summed E-state index contributed by atoms with van der Waals surface area (Å²) in [6.45, 7) is 2.95. The summed E-state index contributed by atoms with van der Waals surface area (Å²) in [6.07, 6.45) is 0.267. The Hall–Kier alpha value is -3.22. The summed E-state index contributed by atoms with van der Waals surface area (Å²) in [6, 6.07) is 13.8. The first-order valence-corrected chi connectivity index (χ1v) is 8.84. The van der Waals surface area contributed by atoms with E-state index in [0.29, 0.717) is 24.6 Å². The largest absolute Gasteiger partial charge is 0.497 e. The van der Waals surface area contributed by atoms with Gasteiger partial charge < -0.3 is 25.0 Å². The summed E-state index contributed by atoms with van der Waals surface area (Å²) in [4.78, 5) is 26.2. The van der Waals surface area contributed by atoms with Gasteiger partial charge in [-0.1, -0.05) is 0 Å². The van der Waals surface area contributed by atoms with E-state index in [1.54, 1.807) is 36.3 Å². The maximum absolute atomic E-state index is 12.3. The molecule has 3 amide bonds. The van der Waals surface area contributed by atoms with E-state index in [9.17, 15) is 9.59 Å². The van der Waals surface area contributed by atoms with E-state index >= 15 is 0 Å². The summed E-state index contributed by atoms with van der Waals surface area (Å²) in [7, 11) is 1.59. The second-order valence-corrected chi connectivity index (χ2v) is 6.16. The van der Waals surface area contributed by atoms with Gasteiger partial charge in [-0.25, -0.2) is 4.79 Å². The SMILES string of the molecule is CCOc1ccc(N2C[C@@H](NC(=O)Nc3ccc(OC)cc3)CC2=O)cc1. The minimum atomic E-state index is -0.341. The van der Waals surface area contributed by atoms with E-state index in [4.69, 9.17) is 9.47 Å². The fraction of sp³-hybridized carbons (Fsp3) is 0.300. The number of hydrogen-bond acceptors (Lipinski definition) is 4. The number of amides is 3. The molecule has 1 aliphatic heterocycles. The van der Waals surface area contributed by atoms with Crippen LogP contribution in [-0.4, -0.2) is 38.2 Å². The normalized spacial score (nSPS) is 16.1. The van der Waals surface area contributed by atoms with Crippen molar-refractivity contribution >= 4 is 23.3 Å². The molecule has 3 rings (SSSR count). The molecule has 7 nitrogen and oxygen atoms in total. The van der Waals surface area contributed by atoms with Gasteiger partial charge in [-0.2, -0.15) is 0 Å². The maximum Gasteiger partial charge on any atom is 0.319 e. The van der Waals surface area contributed by atoms with Gasteiger partial charge in [0, 0.05) is 24.3 Å². The van der Waals surface area contributed by atoms with Crippen LogP contribution >= 0.6 is 0 Å². The average Bonchev–Trinajstić information content (AvgIpc) is 3.03. The first-order chi connectivity index (χ1) is 13.1. The number of carbonyl (C=O) groups excluding carboxylic acids is 2. The van der Waals surface area contributed by atoms with Gasteiger partial charge in [-0.3, -0.25) is 4.79 Å². The van der Waals surface area contributed by atoms with Crippen molar-refractivity contribution < 1.29 is 19.1 Å². The lowest BCUT2D eigenvalue weighted by Gasteiger charge is -2.18. The fourth-order valence-corrected chi connectivity index (χ4v) is 2.97. The molecule has 2 aromatic rings. The lowest BCUT2D eigenvalue weighted by atomic mass is 10.2. The second-order valence-electron chi connectivity index (χ2n) is 6.16. The summed E-state index contributed by atoms with van der Waals surface area (Å²) in [5.74, 6) is 1.46. The highest BCUT2D eigenvalue weighted by atomic mass is 16.5. The minimum absolute atomic E-state index is 0.0195. The molecule has 0 spiro atoms. The van der Waals surface area contributed by atoms with Crippen molar-refractivity contribution in [2.24, 2.45) is 0 Å². The molecule has 1 atom stereocenters. The van der Waals surface area contributed by atoms with E-state index < -0.39 is 0 Å². The van der Waals surface area contributed by atoms with E-state index in [1.165, 1.54) is 0 Å². The number of urea groups is 1. The van der Waals surface area contributed by atoms with Crippen LogP contribution in [0.25, 0.3) is 0 Å². The molecule has 0 unspecified atom stereocenters. The van der Waals surface area contributed by atoms with Crippen LogP contribution in [0.5, 0.6) is 11.5 Å². The first-order valence-electron chi connectivity index (χ1n) is 8.84. The standard InChI is InChI=1S/C20H23N3O4/c1-3-27-18-10-6-16(7-11-18)23-13-15(12-19(23)24)22-20(25)21-14-4-8-17(26-2)9-5-14/h4-11,15H,3,12-13H2,1-2H3,(H2,21,22,25)/t15-/m0/s1. The molecule has 1 heterocycles. The first kappa shape index (κ1) is 18.6. The Morgan fingerprint density at radius 3 is 2.41 bits per heavy atom. The molecule has 2 N–H and O–H groups in total. The average molecular weight is 369 g/mol. The van der Waals surface area contributed by atoms with Gasteiger partial charge in [0.15, 0.2) is 0 Å². The number of hydrogen-bond donors (Lipinski definition) is 2. The van der Waals surface area contributed by atoms with E-state index in [0.717, 1.165) is 11.4 Å². The van der Waals surface area contributed by atoms with Gasteiger partial charge in [0.1, 0.15) is 11.5 Å². The summed E-state index contributed by atoms with van der Waals surface area (Å²) in [5.41, 5.74) is 1.45. The van der Waals surface area contributed by atoms with Crippen LogP contribution in [0.3, 0.4) is 0 Å². The number of benzene rings is 2. The van der Waals surface area contributed by atoms with Gasteiger partial charge in [-0.15, -0.1) is 0 Å². The van der Waals surface area contributed by atoms with Crippen LogP contribution in [0.4, 0.5) is 16.2 Å².